The van der Waals surface area contributed by atoms with Crippen LogP contribution < -0.4 is 0 Å². The topological polar surface area (TPSA) is 26.3 Å². The van der Waals surface area contributed by atoms with Gasteiger partial charge in [0.25, 0.3) is 6.43 Å². The molecule has 0 unspecified atom stereocenters. The Labute approximate surface area is 78.1 Å². The second-order valence-electron chi connectivity index (χ2n) is 2.22. The molecule has 13 heavy (non-hydrogen) atoms. The summed E-state index contributed by atoms with van der Waals surface area (Å²) in [6.45, 7) is 1.82. The summed E-state index contributed by atoms with van der Waals surface area (Å²) >= 11 is 0.861. The highest BCUT2D eigenvalue weighted by atomic mass is 32.1. The molecule has 72 valence electrons. The minimum Gasteiger partial charge on any atom is -0.462 e. The zero-order valence-electron chi connectivity index (χ0n) is 6.92. The maximum Gasteiger partial charge on any atom is 0.339 e. The number of alkyl halides is 2. The lowest BCUT2D eigenvalue weighted by molar-refractivity contribution is 0.0517. The van der Waals surface area contributed by atoms with Crippen molar-refractivity contribution in [2.45, 2.75) is 13.3 Å². The van der Waals surface area contributed by atoms with Gasteiger partial charge in [0, 0.05) is 0 Å². The normalized spacial score (nSPS) is 10.5. The van der Waals surface area contributed by atoms with Gasteiger partial charge in [0.1, 0.15) is 0 Å². The molecule has 0 aliphatic rings. The Bertz CT molecular complexity index is 296. The maximum absolute atomic E-state index is 12.3. The van der Waals surface area contributed by atoms with Crippen LogP contribution in [-0.4, -0.2) is 12.6 Å². The van der Waals surface area contributed by atoms with Crippen molar-refractivity contribution in [1.82, 2.24) is 0 Å². The SMILES string of the molecule is CCOC(=O)c1ccsc1C(F)F. The lowest BCUT2D eigenvalue weighted by Crippen LogP contribution is -2.05. The smallest absolute Gasteiger partial charge is 0.339 e. The fourth-order valence-corrected chi connectivity index (χ4v) is 1.60. The molecule has 0 fully saturated rings. The van der Waals surface area contributed by atoms with E-state index in [0.717, 1.165) is 11.3 Å². The molecule has 0 N–H and O–H groups in total. The molecule has 0 spiro atoms. The summed E-state index contributed by atoms with van der Waals surface area (Å²) in [5.41, 5.74) is -0.0261. The molecule has 0 amide bonds. The molecule has 0 saturated carbocycles. The van der Waals surface area contributed by atoms with Crippen molar-refractivity contribution in [2.24, 2.45) is 0 Å². The number of carbonyl (C=O) groups is 1. The number of hydrogen-bond donors (Lipinski definition) is 0. The van der Waals surface area contributed by atoms with E-state index >= 15 is 0 Å². The molecule has 0 saturated heterocycles. The van der Waals surface area contributed by atoms with E-state index in [-0.39, 0.29) is 17.0 Å². The fourth-order valence-electron chi connectivity index (χ4n) is 0.867. The lowest BCUT2D eigenvalue weighted by atomic mass is 10.2. The first-order valence-corrected chi connectivity index (χ1v) is 4.57. The third-order valence-electron chi connectivity index (χ3n) is 1.39. The van der Waals surface area contributed by atoms with Crippen molar-refractivity contribution in [3.05, 3.63) is 21.9 Å². The van der Waals surface area contributed by atoms with Crippen molar-refractivity contribution in [3.63, 3.8) is 0 Å². The summed E-state index contributed by atoms with van der Waals surface area (Å²) < 4.78 is 29.1. The Morgan fingerprint density at radius 2 is 2.38 bits per heavy atom. The Balaban J connectivity index is 2.87. The molecule has 5 heteroatoms. The second-order valence-corrected chi connectivity index (χ2v) is 3.17. The average molecular weight is 206 g/mol. The number of esters is 1. The predicted molar refractivity (Wildman–Crippen MR) is 45.2 cm³/mol. The first kappa shape index (κ1) is 10.1. The fraction of sp³-hybridized carbons (Fsp3) is 0.375. The van der Waals surface area contributed by atoms with Gasteiger partial charge in [-0.05, 0) is 18.4 Å². The largest absolute Gasteiger partial charge is 0.462 e. The van der Waals surface area contributed by atoms with Gasteiger partial charge in [0.05, 0.1) is 17.0 Å². The zero-order chi connectivity index (χ0) is 9.84. The third kappa shape index (κ3) is 2.24. The first-order chi connectivity index (χ1) is 6.16. The number of ether oxygens (including phenoxy) is 1. The van der Waals surface area contributed by atoms with Gasteiger partial charge in [-0.25, -0.2) is 13.6 Å². The van der Waals surface area contributed by atoms with Gasteiger partial charge in [-0.15, -0.1) is 11.3 Å². The van der Waals surface area contributed by atoms with Crippen LogP contribution in [-0.2, 0) is 4.74 Å². The molecule has 1 aromatic rings. The molecule has 0 aliphatic heterocycles. The number of carbonyl (C=O) groups excluding carboxylic acids is 1. The van der Waals surface area contributed by atoms with Crippen LogP contribution in [0.25, 0.3) is 0 Å². The highest BCUT2D eigenvalue weighted by Crippen LogP contribution is 2.28. The Kier molecular flexibility index (Phi) is 3.36. The van der Waals surface area contributed by atoms with Crippen LogP contribution in [0.3, 0.4) is 0 Å². The first-order valence-electron chi connectivity index (χ1n) is 3.69. The van der Waals surface area contributed by atoms with Crippen molar-refractivity contribution in [3.8, 4) is 0 Å². The predicted octanol–water partition coefficient (Wildman–Crippen LogP) is 2.86. The lowest BCUT2D eigenvalue weighted by Gasteiger charge is -2.01. The van der Waals surface area contributed by atoms with Crippen molar-refractivity contribution in [2.75, 3.05) is 6.61 Å². The van der Waals surface area contributed by atoms with Gasteiger partial charge in [-0.3, -0.25) is 0 Å². The van der Waals surface area contributed by atoms with E-state index < -0.39 is 12.4 Å². The van der Waals surface area contributed by atoms with Gasteiger partial charge >= 0.3 is 5.97 Å². The van der Waals surface area contributed by atoms with Crippen LogP contribution in [0, 0.1) is 0 Å². The Morgan fingerprint density at radius 1 is 1.69 bits per heavy atom. The Hall–Kier alpha value is -0.970. The molecule has 1 heterocycles. The summed E-state index contributed by atoms with van der Waals surface area (Å²) in [5, 5.41) is 1.45. The van der Waals surface area contributed by atoms with Crippen LogP contribution in [0.2, 0.25) is 0 Å². The standard InChI is InChI=1S/C8H8F2O2S/c1-2-12-8(11)5-3-4-13-6(5)7(9)10/h3-4,7H,2H2,1H3. The van der Waals surface area contributed by atoms with E-state index in [9.17, 15) is 13.6 Å². The second kappa shape index (κ2) is 4.32. The van der Waals surface area contributed by atoms with E-state index in [1.165, 1.54) is 11.4 Å². The summed E-state index contributed by atoms with van der Waals surface area (Å²) in [6.07, 6.45) is -2.61. The van der Waals surface area contributed by atoms with Crippen molar-refractivity contribution >= 4 is 17.3 Å². The van der Waals surface area contributed by atoms with E-state index in [2.05, 4.69) is 4.74 Å². The monoisotopic (exact) mass is 206 g/mol. The summed E-state index contributed by atoms with van der Waals surface area (Å²) in [6, 6.07) is 1.35. The van der Waals surface area contributed by atoms with Gasteiger partial charge < -0.3 is 4.74 Å². The molecule has 0 aliphatic carbocycles. The van der Waals surface area contributed by atoms with Crippen LogP contribution in [0.5, 0.6) is 0 Å². The van der Waals surface area contributed by atoms with E-state index in [0.29, 0.717) is 0 Å². The van der Waals surface area contributed by atoms with Gasteiger partial charge in [0.2, 0.25) is 0 Å². The van der Waals surface area contributed by atoms with Gasteiger partial charge in [-0.2, -0.15) is 0 Å². The van der Waals surface area contributed by atoms with Gasteiger partial charge in [-0.1, -0.05) is 0 Å². The molecule has 1 rings (SSSR count). The number of rotatable bonds is 3. The molecule has 1 aromatic heterocycles. The average Bonchev–Trinajstić information content (AvgIpc) is 2.52. The number of hydrogen-bond acceptors (Lipinski definition) is 3. The quantitative estimate of drug-likeness (QED) is 0.711. The van der Waals surface area contributed by atoms with Crippen LogP contribution in [0.4, 0.5) is 8.78 Å². The zero-order valence-corrected chi connectivity index (χ0v) is 7.74. The van der Waals surface area contributed by atoms with Crippen molar-refractivity contribution in [1.29, 1.82) is 0 Å². The highest BCUT2D eigenvalue weighted by Gasteiger charge is 2.20. The molecule has 0 aromatic carbocycles. The molecule has 2 nitrogen and oxygen atoms in total. The van der Waals surface area contributed by atoms with Crippen LogP contribution in [0.1, 0.15) is 28.6 Å². The third-order valence-corrected chi connectivity index (χ3v) is 2.31. The summed E-state index contributed by atoms with van der Waals surface area (Å²) in [7, 11) is 0. The maximum atomic E-state index is 12.3. The van der Waals surface area contributed by atoms with Gasteiger partial charge in [0.15, 0.2) is 0 Å². The molecular weight excluding hydrogens is 198 g/mol. The molecular formula is C8H8F2O2S. The van der Waals surface area contributed by atoms with E-state index in [1.54, 1.807) is 6.92 Å². The molecule has 0 bridgehead atoms. The minimum absolute atomic E-state index is 0.0261. The van der Waals surface area contributed by atoms with E-state index in [1.807, 2.05) is 0 Å². The van der Waals surface area contributed by atoms with Crippen LogP contribution in [0.15, 0.2) is 11.4 Å². The number of halogens is 2. The summed E-state index contributed by atoms with van der Waals surface area (Å²) in [5.74, 6) is -0.681. The highest BCUT2D eigenvalue weighted by molar-refractivity contribution is 7.10. The Morgan fingerprint density at radius 3 is 2.92 bits per heavy atom. The van der Waals surface area contributed by atoms with Crippen LogP contribution >= 0.6 is 11.3 Å². The van der Waals surface area contributed by atoms with Crippen molar-refractivity contribution < 1.29 is 18.3 Å². The molecule has 0 atom stereocenters. The number of thiophene rings is 1. The molecule has 0 radical (unpaired) electrons. The summed E-state index contributed by atoms with van der Waals surface area (Å²) in [4.78, 5) is 10.9. The minimum atomic E-state index is -2.61. The van der Waals surface area contributed by atoms with E-state index in [4.69, 9.17) is 0 Å².